The number of carbonyl (C=O) groups is 1. The summed E-state index contributed by atoms with van der Waals surface area (Å²) < 4.78 is 13.0. The summed E-state index contributed by atoms with van der Waals surface area (Å²) in [6, 6.07) is 6.11. The van der Waals surface area contributed by atoms with Gasteiger partial charge in [-0.15, -0.1) is 0 Å². The van der Waals surface area contributed by atoms with E-state index in [9.17, 15) is 9.18 Å². The third-order valence-corrected chi connectivity index (χ3v) is 2.67. The molecule has 2 nitrogen and oxygen atoms in total. The molecule has 1 aromatic carbocycles. The molecular formula is C13H17FO2. The van der Waals surface area contributed by atoms with Gasteiger partial charge in [0.05, 0.1) is 5.92 Å². The molecule has 0 fully saturated rings. The molecule has 0 aliphatic rings. The fourth-order valence-electron chi connectivity index (χ4n) is 1.66. The van der Waals surface area contributed by atoms with Gasteiger partial charge in [0.15, 0.2) is 0 Å². The fraction of sp³-hybridized carbons (Fsp3) is 0.462. The molecule has 1 rings (SSSR count). The van der Waals surface area contributed by atoms with Gasteiger partial charge in [0.2, 0.25) is 0 Å². The summed E-state index contributed by atoms with van der Waals surface area (Å²) >= 11 is 0. The second-order valence-corrected chi connectivity index (χ2v) is 5.09. The van der Waals surface area contributed by atoms with Gasteiger partial charge >= 0.3 is 5.97 Å². The summed E-state index contributed by atoms with van der Waals surface area (Å²) in [6.45, 7) is 5.64. The van der Waals surface area contributed by atoms with Gasteiger partial charge in [-0.3, -0.25) is 4.79 Å². The molecule has 0 radical (unpaired) electrons. The van der Waals surface area contributed by atoms with Crippen LogP contribution in [0.2, 0.25) is 0 Å². The Balaban J connectivity index is 2.89. The van der Waals surface area contributed by atoms with Crippen LogP contribution in [0.1, 0.15) is 26.3 Å². The van der Waals surface area contributed by atoms with E-state index in [0.717, 1.165) is 5.56 Å². The first-order valence-electron chi connectivity index (χ1n) is 5.28. The van der Waals surface area contributed by atoms with E-state index >= 15 is 0 Å². The van der Waals surface area contributed by atoms with Gasteiger partial charge in [0, 0.05) is 0 Å². The van der Waals surface area contributed by atoms with Crippen LogP contribution in [0.4, 0.5) is 4.39 Å². The van der Waals surface area contributed by atoms with E-state index in [4.69, 9.17) is 5.11 Å². The van der Waals surface area contributed by atoms with Crippen LogP contribution in [0, 0.1) is 17.2 Å². The predicted molar refractivity (Wildman–Crippen MR) is 60.7 cm³/mol. The number of rotatable bonds is 3. The van der Waals surface area contributed by atoms with E-state index < -0.39 is 11.9 Å². The van der Waals surface area contributed by atoms with Crippen molar-refractivity contribution in [1.29, 1.82) is 0 Å². The molecule has 88 valence electrons. The Morgan fingerprint density at radius 2 is 2.06 bits per heavy atom. The molecule has 0 saturated carbocycles. The maximum atomic E-state index is 13.0. The van der Waals surface area contributed by atoms with Crippen LogP contribution in [0.5, 0.6) is 0 Å². The Morgan fingerprint density at radius 1 is 1.44 bits per heavy atom. The van der Waals surface area contributed by atoms with Crippen LogP contribution < -0.4 is 0 Å². The molecule has 1 aromatic rings. The van der Waals surface area contributed by atoms with Gasteiger partial charge in [0.25, 0.3) is 0 Å². The molecule has 0 aliphatic carbocycles. The van der Waals surface area contributed by atoms with Crippen molar-refractivity contribution in [2.24, 2.45) is 11.3 Å². The number of halogens is 1. The zero-order valence-corrected chi connectivity index (χ0v) is 9.83. The lowest BCUT2D eigenvalue weighted by Crippen LogP contribution is -2.30. The van der Waals surface area contributed by atoms with Gasteiger partial charge < -0.3 is 5.11 Å². The molecule has 0 amide bonds. The Bertz CT molecular complexity index is 380. The highest BCUT2D eigenvalue weighted by Gasteiger charge is 2.31. The molecule has 0 saturated heterocycles. The van der Waals surface area contributed by atoms with Crippen molar-refractivity contribution in [3.63, 3.8) is 0 Å². The average molecular weight is 224 g/mol. The highest BCUT2D eigenvalue weighted by molar-refractivity contribution is 5.71. The third-order valence-electron chi connectivity index (χ3n) is 2.67. The van der Waals surface area contributed by atoms with Crippen LogP contribution in [0.15, 0.2) is 24.3 Å². The second-order valence-electron chi connectivity index (χ2n) is 5.09. The summed E-state index contributed by atoms with van der Waals surface area (Å²) in [5.41, 5.74) is 0.389. The lowest BCUT2D eigenvalue weighted by molar-refractivity contribution is -0.145. The minimum atomic E-state index is -0.836. The number of carboxylic acids is 1. The maximum absolute atomic E-state index is 13.0. The first-order chi connectivity index (χ1) is 7.30. The molecule has 1 N–H and O–H groups in total. The van der Waals surface area contributed by atoms with Crippen LogP contribution in [-0.4, -0.2) is 11.1 Å². The normalized spacial score (nSPS) is 13.5. The van der Waals surface area contributed by atoms with Crippen molar-refractivity contribution in [3.05, 3.63) is 35.6 Å². The van der Waals surface area contributed by atoms with Crippen molar-refractivity contribution in [2.75, 3.05) is 0 Å². The Hall–Kier alpha value is -1.38. The molecule has 0 heterocycles. The number of hydrogen-bond donors (Lipinski definition) is 1. The van der Waals surface area contributed by atoms with Crippen molar-refractivity contribution in [1.82, 2.24) is 0 Å². The molecule has 0 bridgehead atoms. The second kappa shape index (κ2) is 4.64. The summed E-state index contributed by atoms with van der Waals surface area (Å²) in [7, 11) is 0. The zero-order chi connectivity index (χ0) is 12.3. The third kappa shape index (κ3) is 3.33. The van der Waals surface area contributed by atoms with Crippen LogP contribution in [0.25, 0.3) is 0 Å². The molecule has 1 unspecified atom stereocenters. The molecule has 16 heavy (non-hydrogen) atoms. The minimum Gasteiger partial charge on any atom is -0.481 e. The largest absolute Gasteiger partial charge is 0.481 e. The van der Waals surface area contributed by atoms with Crippen molar-refractivity contribution in [2.45, 2.75) is 27.2 Å². The monoisotopic (exact) mass is 224 g/mol. The van der Waals surface area contributed by atoms with Crippen LogP contribution >= 0.6 is 0 Å². The van der Waals surface area contributed by atoms with E-state index in [-0.39, 0.29) is 11.2 Å². The summed E-state index contributed by atoms with van der Waals surface area (Å²) in [5, 5.41) is 9.15. The van der Waals surface area contributed by atoms with Crippen LogP contribution in [-0.2, 0) is 11.2 Å². The molecular weight excluding hydrogens is 207 g/mol. The zero-order valence-electron chi connectivity index (χ0n) is 9.83. The van der Waals surface area contributed by atoms with Crippen molar-refractivity contribution < 1.29 is 14.3 Å². The highest BCUT2D eigenvalue weighted by atomic mass is 19.1. The Kier molecular flexibility index (Phi) is 3.68. The molecule has 0 spiro atoms. The highest BCUT2D eigenvalue weighted by Crippen LogP contribution is 2.29. The van der Waals surface area contributed by atoms with E-state index in [0.29, 0.717) is 6.42 Å². The first-order valence-corrected chi connectivity index (χ1v) is 5.28. The van der Waals surface area contributed by atoms with Crippen LogP contribution in [0.3, 0.4) is 0 Å². The first kappa shape index (κ1) is 12.7. The van der Waals surface area contributed by atoms with Gasteiger partial charge in [-0.2, -0.15) is 0 Å². The average Bonchev–Trinajstić information content (AvgIpc) is 2.12. The standard InChI is InChI=1S/C13H17FO2/c1-13(2,3)11(12(15)16)8-9-5-4-6-10(14)7-9/h4-7,11H,8H2,1-3H3,(H,15,16). The predicted octanol–water partition coefficient (Wildman–Crippen LogP) is 3.12. The number of hydrogen-bond acceptors (Lipinski definition) is 1. The molecule has 3 heteroatoms. The van der Waals surface area contributed by atoms with E-state index in [2.05, 4.69) is 0 Å². The van der Waals surface area contributed by atoms with Crippen molar-refractivity contribution in [3.8, 4) is 0 Å². The van der Waals surface area contributed by atoms with E-state index in [1.165, 1.54) is 12.1 Å². The molecule has 0 aliphatic heterocycles. The fourth-order valence-corrected chi connectivity index (χ4v) is 1.66. The summed E-state index contributed by atoms with van der Waals surface area (Å²) in [6.07, 6.45) is 0.358. The summed E-state index contributed by atoms with van der Waals surface area (Å²) in [4.78, 5) is 11.1. The summed E-state index contributed by atoms with van der Waals surface area (Å²) in [5.74, 6) is -1.67. The Morgan fingerprint density at radius 3 is 2.50 bits per heavy atom. The number of benzene rings is 1. The molecule has 0 aromatic heterocycles. The topological polar surface area (TPSA) is 37.3 Å². The van der Waals surface area contributed by atoms with E-state index in [1.54, 1.807) is 12.1 Å². The van der Waals surface area contributed by atoms with Gasteiger partial charge in [-0.25, -0.2) is 4.39 Å². The lowest BCUT2D eigenvalue weighted by Gasteiger charge is -2.27. The van der Waals surface area contributed by atoms with Crippen molar-refractivity contribution >= 4 is 5.97 Å². The lowest BCUT2D eigenvalue weighted by atomic mass is 9.77. The molecule has 1 atom stereocenters. The Labute approximate surface area is 95.1 Å². The van der Waals surface area contributed by atoms with Gasteiger partial charge in [-0.1, -0.05) is 32.9 Å². The maximum Gasteiger partial charge on any atom is 0.307 e. The number of aliphatic carboxylic acids is 1. The SMILES string of the molecule is CC(C)(C)C(Cc1cccc(F)c1)C(=O)O. The number of carboxylic acid groups (broad SMARTS) is 1. The minimum absolute atomic E-state index is 0.324. The van der Waals surface area contributed by atoms with E-state index in [1.807, 2.05) is 20.8 Å². The smallest absolute Gasteiger partial charge is 0.307 e. The van der Waals surface area contributed by atoms with Gasteiger partial charge in [-0.05, 0) is 29.5 Å². The quantitative estimate of drug-likeness (QED) is 0.856. The van der Waals surface area contributed by atoms with Gasteiger partial charge in [0.1, 0.15) is 5.82 Å².